The minimum absolute atomic E-state index is 0.174. The molecule has 2 aromatic rings. The molecule has 0 saturated carbocycles. The van der Waals surface area contributed by atoms with E-state index in [0.29, 0.717) is 23.6 Å². The number of nitrogens with one attached hydrogen (secondary N) is 2. The standard InChI is InChI=1S/C17H15BrN4O4/c18-13-5-15-14(25-10-26-15)4-12(13)9-21-22-17(24)6-16(23)20-8-11-2-1-3-19-7-11/h1-5,7,9H,6,8,10H2,(H,20,23)(H,22,24)/b21-9+. The smallest absolute Gasteiger partial charge is 0.249 e. The quantitative estimate of drug-likeness (QED) is 0.422. The van der Waals surface area contributed by atoms with Crippen molar-refractivity contribution in [1.82, 2.24) is 15.7 Å². The predicted octanol–water partition coefficient (Wildman–Crippen LogP) is 1.73. The molecule has 134 valence electrons. The van der Waals surface area contributed by atoms with Crippen LogP contribution >= 0.6 is 15.9 Å². The summed E-state index contributed by atoms with van der Waals surface area (Å²) in [6.45, 7) is 0.487. The van der Waals surface area contributed by atoms with Crippen molar-refractivity contribution in [3.05, 3.63) is 52.3 Å². The zero-order valence-electron chi connectivity index (χ0n) is 13.6. The van der Waals surface area contributed by atoms with Crippen molar-refractivity contribution >= 4 is 34.0 Å². The third kappa shape index (κ3) is 4.79. The minimum Gasteiger partial charge on any atom is -0.454 e. The number of amides is 2. The molecule has 1 aromatic heterocycles. The van der Waals surface area contributed by atoms with E-state index >= 15 is 0 Å². The summed E-state index contributed by atoms with van der Waals surface area (Å²) < 4.78 is 11.3. The van der Waals surface area contributed by atoms with Crippen molar-refractivity contribution < 1.29 is 19.1 Å². The highest BCUT2D eigenvalue weighted by molar-refractivity contribution is 9.10. The van der Waals surface area contributed by atoms with Gasteiger partial charge in [-0.05, 0) is 39.7 Å². The molecule has 1 aromatic carbocycles. The Kier molecular flexibility index (Phi) is 5.80. The maximum atomic E-state index is 11.8. The number of benzene rings is 1. The van der Waals surface area contributed by atoms with Gasteiger partial charge in [-0.3, -0.25) is 14.6 Å². The molecule has 26 heavy (non-hydrogen) atoms. The van der Waals surface area contributed by atoms with E-state index in [1.165, 1.54) is 6.21 Å². The molecule has 0 unspecified atom stereocenters. The van der Waals surface area contributed by atoms with Crippen LogP contribution in [0.25, 0.3) is 0 Å². The number of carbonyl (C=O) groups is 2. The summed E-state index contributed by atoms with van der Waals surface area (Å²) in [5.74, 6) is 0.340. The van der Waals surface area contributed by atoms with Crippen LogP contribution in [0.3, 0.4) is 0 Å². The van der Waals surface area contributed by atoms with E-state index < -0.39 is 11.8 Å². The van der Waals surface area contributed by atoms with E-state index in [2.05, 4.69) is 36.8 Å². The molecular weight excluding hydrogens is 404 g/mol. The summed E-state index contributed by atoms with van der Waals surface area (Å²) in [6, 6.07) is 7.11. The van der Waals surface area contributed by atoms with Crippen LogP contribution in [-0.2, 0) is 16.1 Å². The zero-order chi connectivity index (χ0) is 18.4. The van der Waals surface area contributed by atoms with Gasteiger partial charge in [-0.2, -0.15) is 5.10 Å². The van der Waals surface area contributed by atoms with Crippen LogP contribution in [-0.4, -0.2) is 29.8 Å². The summed E-state index contributed by atoms with van der Waals surface area (Å²) in [5.41, 5.74) is 3.88. The molecule has 0 aliphatic carbocycles. The first-order chi connectivity index (χ1) is 12.6. The van der Waals surface area contributed by atoms with Crippen molar-refractivity contribution in [2.45, 2.75) is 13.0 Å². The summed E-state index contributed by atoms with van der Waals surface area (Å²) in [4.78, 5) is 27.5. The van der Waals surface area contributed by atoms with Gasteiger partial charge in [-0.1, -0.05) is 6.07 Å². The van der Waals surface area contributed by atoms with E-state index in [-0.39, 0.29) is 13.2 Å². The van der Waals surface area contributed by atoms with Crippen molar-refractivity contribution in [2.75, 3.05) is 6.79 Å². The number of rotatable bonds is 6. The number of fused-ring (bicyclic) bond motifs is 1. The first-order valence-electron chi connectivity index (χ1n) is 7.68. The van der Waals surface area contributed by atoms with Gasteiger partial charge >= 0.3 is 0 Å². The van der Waals surface area contributed by atoms with Crippen LogP contribution in [0.1, 0.15) is 17.5 Å². The maximum absolute atomic E-state index is 11.8. The van der Waals surface area contributed by atoms with Gasteiger partial charge in [0.1, 0.15) is 6.42 Å². The summed E-state index contributed by atoms with van der Waals surface area (Å²) >= 11 is 3.39. The van der Waals surface area contributed by atoms with Gasteiger partial charge in [-0.15, -0.1) is 0 Å². The van der Waals surface area contributed by atoms with Crippen molar-refractivity contribution in [3.8, 4) is 11.5 Å². The van der Waals surface area contributed by atoms with Gasteiger partial charge in [0.05, 0.1) is 6.21 Å². The molecule has 1 aliphatic heterocycles. The predicted molar refractivity (Wildman–Crippen MR) is 96.7 cm³/mol. The fourth-order valence-electron chi connectivity index (χ4n) is 2.16. The Morgan fingerprint density at radius 3 is 2.85 bits per heavy atom. The third-order valence-corrected chi connectivity index (χ3v) is 4.11. The second-order valence-electron chi connectivity index (χ2n) is 5.33. The van der Waals surface area contributed by atoms with Gasteiger partial charge in [0.2, 0.25) is 18.6 Å². The molecule has 0 fully saturated rings. The van der Waals surface area contributed by atoms with Crippen LogP contribution < -0.4 is 20.2 Å². The highest BCUT2D eigenvalue weighted by atomic mass is 79.9. The fourth-order valence-corrected chi connectivity index (χ4v) is 2.58. The summed E-state index contributed by atoms with van der Waals surface area (Å²) in [6.07, 6.45) is 4.43. The number of ether oxygens (including phenoxy) is 2. The lowest BCUT2D eigenvalue weighted by Crippen LogP contribution is -2.29. The monoisotopic (exact) mass is 418 g/mol. The van der Waals surface area contributed by atoms with Crippen LogP contribution in [0.15, 0.2) is 46.2 Å². The molecule has 0 bridgehead atoms. The first kappa shape index (κ1) is 17.9. The maximum Gasteiger partial charge on any atom is 0.249 e. The lowest BCUT2D eigenvalue weighted by Gasteiger charge is -2.04. The van der Waals surface area contributed by atoms with E-state index in [9.17, 15) is 9.59 Å². The Bertz CT molecular complexity index is 842. The average Bonchev–Trinajstić information content (AvgIpc) is 3.08. The molecule has 1 aliphatic rings. The SMILES string of the molecule is O=C(CC(=O)N/N=C/c1cc2c(cc1Br)OCO2)NCc1cccnc1. The van der Waals surface area contributed by atoms with Gasteiger partial charge in [0, 0.05) is 29.0 Å². The number of hydrogen-bond acceptors (Lipinski definition) is 6. The van der Waals surface area contributed by atoms with Crippen LogP contribution in [0.5, 0.6) is 11.5 Å². The number of hydrogen-bond donors (Lipinski definition) is 2. The molecule has 2 N–H and O–H groups in total. The van der Waals surface area contributed by atoms with E-state index in [0.717, 1.165) is 10.0 Å². The molecule has 9 heteroatoms. The number of nitrogens with zero attached hydrogens (tertiary/aromatic N) is 2. The van der Waals surface area contributed by atoms with E-state index in [1.807, 2.05) is 6.07 Å². The van der Waals surface area contributed by atoms with Gasteiger partial charge in [0.25, 0.3) is 0 Å². The van der Waals surface area contributed by atoms with Crippen molar-refractivity contribution in [3.63, 3.8) is 0 Å². The molecule has 8 nitrogen and oxygen atoms in total. The highest BCUT2D eigenvalue weighted by Gasteiger charge is 2.15. The van der Waals surface area contributed by atoms with Gasteiger partial charge in [0.15, 0.2) is 11.5 Å². The molecule has 0 atom stereocenters. The Morgan fingerprint density at radius 1 is 1.27 bits per heavy atom. The summed E-state index contributed by atoms with van der Waals surface area (Å²) in [5, 5.41) is 6.50. The molecule has 2 heterocycles. The minimum atomic E-state index is -0.512. The Morgan fingerprint density at radius 2 is 2.08 bits per heavy atom. The molecule has 0 radical (unpaired) electrons. The lowest BCUT2D eigenvalue weighted by atomic mass is 10.2. The van der Waals surface area contributed by atoms with E-state index in [1.54, 1.807) is 30.6 Å². The zero-order valence-corrected chi connectivity index (χ0v) is 15.2. The molecule has 0 spiro atoms. The van der Waals surface area contributed by atoms with Gasteiger partial charge in [-0.25, -0.2) is 5.43 Å². The Balaban J connectivity index is 1.46. The van der Waals surface area contributed by atoms with Crippen LogP contribution in [0.2, 0.25) is 0 Å². The molecule has 2 amide bonds. The van der Waals surface area contributed by atoms with E-state index in [4.69, 9.17) is 9.47 Å². The van der Waals surface area contributed by atoms with Crippen LogP contribution in [0, 0.1) is 0 Å². The second-order valence-corrected chi connectivity index (χ2v) is 6.19. The number of carbonyl (C=O) groups excluding carboxylic acids is 2. The largest absolute Gasteiger partial charge is 0.454 e. The molecular formula is C17H15BrN4O4. The fraction of sp³-hybridized carbons (Fsp3) is 0.176. The first-order valence-corrected chi connectivity index (χ1v) is 8.48. The normalized spacial score (nSPS) is 12.2. The van der Waals surface area contributed by atoms with Crippen molar-refractivity contribution in [2.24, 2.45) is 5.10 Å². The lowest BCUT2D eigenvalue weighted by molar-refractivity contribution is -0.129. The molecule has 0 saturated heterocycles. The number of hydrazone groups is 1. The Labute approximate surface area is 157 Å². The molecule has 3 rings (SSSR count). The van der Waals surface area contributed by atoms with Crippen LogP contribution in [0.4, 0.5) is 0 Å². The number of pyridine rings is 1. The topological polar surface area (TPSA) is 102 Å². The number of aromatic nitrogens is 1. The van der Waals surface area contributed by atoms with Crippen molar-refractivity contribution in [1.29, 1.82) is 0 Å². The third-order valence-electron chi connectivity index (χ3n) is 3.42. The Hall–Kier alpha value is -2.94. The number of halogens is 1. The summed E-state index contributed by atoms with van der Waals surface area (Å²) in [7, 11) is 0. The average molecular weight is 419 g/mol. The van der Waals surface area contributed by atoms with Gasteiger partial charge < -0.3 is 14.8 Å². The second kappa shape index (κ2) is 8.43. The highest BCUT2D eigenvalue weighted by Crippen LogP contribution is 2.36.